The van der Waals surface area contributed by atoms with Crippen LogP contribution in [0.3, 0.4) is 0 Å². The largest absolute Gasteiger partial charge is 0.329 e. The molecule has 2 heterocycles. The molecule has 1 aliphatic rings. The minimum absolute atomic E-state index is 0.528. The van der Waals surface area contributed by atoms with E-state index in [9.17, 15) is 0 Å². The minimum Gasteiger partial charge on any atom is -0.329 e. The smallest absolute Gasteiger partial charge is 0.131 e. The molecule has 1 fully saturated rings. The molecule has 2 N–H and O–H groups in total. The molecule has 1 aromatic rings. The average molecular weight is 229 g/mol. The van der Waals surface area contributed by atoms with E-state index < -0.39 is 0 Å². The van der Waals surface area contributed by atoms with Crippen molar-refractivity contribution in [3.63, 3.8) is 0 Å². The van der Waals surface area contributed by atoms with Crippen LogP contribution in [0.2, 0.25) is 5.15 Å². The quantitative estimate of drug-likeness (QED) is 0.837. The second-order valence-electron chi connectivity index (χ2n) is 4.13. The van der Waals surface area contributed by atoms with Crippen LogP contribution in [0.5, 0.6) is 0 Å². The molecule has 1 saturated heterocycles. The lowest BCUT2D eigenvalue weighted by Gasteiger charge is -2.40. The summed E-state index contributed by atoms with van der Waals surface area (Å²) in [5.41, 5.74) is 7.82. The van der Waals surface area contributed by atoms with E-state index in [1.165, 1.54) is 6.42 Å². The van der Waals surface area contributed by atoms with Gasteiger partial charge in [0.05, 0.1) is 5.69 Å². The minimum atomic E-state index is 0.528. The van der Waals surface area contributed by atoms with Gasteiger partial charge in [-0.05, 0) is 13.3 Å². The van der Waals surface area contributed by atoms with Gasteiger partial charge in [0.25, 0.3) is 0 Å². The lowest BCUT2D eigenvalue weighted by atomic mass is 10.0. The highest BCUT2D eigenvalue weighted by Gasteiger charge is 2.28. The number of rotatable bonds is 3. The van der Waals surface area contributed by atoms with Gasteiger partial charge in [-0.3, -0.25) is 9.58 Å². The van der Waals surface area contributed by atoms with Crippen LogP contribution in [0.15, 0.2) is 0 Å². The van der Waals surface area contributed by atoms with Crippen LogP contribution < -0.4 is 5.73 Å². The van der Waals surface area contributed by atoms with Gasteiger partial charge in [-0.25, -0.2) is 0 Å². The first-order chi connectivity index (χ1) is 7.13. The van der Waals surface area contributed by atoms with E-state index in [2.05, 4.69) is 10.00 Å². The highest BCUT2D eigenvalue weighted by Crippen LogP contribution is 2.25. The predicted molar refractivity (Wildman–Crippen MR) is 60.8 cm³/mol. The molecule has 0 bridgehead atoms. The number of halogens is 1. The Morgan fingerprint density at radius 1 is 1.60 bits per heavy atom. The summed E-state index contributed by atoms with van der Waals surface area (Å²) in [5.74, 6) is 0. The second-order valence-corrected chi connectivity index (χ2v) is 4.49. The summed E-state index contributed by atoms with van der Waals surface area (Å²) in [6.45, 7) is 4.72. The Labute approximate surface area is 95.0 Å². The van der Waals surface area contributed by atoms with Crippen LogP contribution in [0, 0.1) is 6.92 Å². The summed E-state index contributed by atoms with van der Waals surface area (Å²) in [4.78, 5) is 2.36. The fourth-order valence-electron chi connectivity index (χ4n) is 2.03. The molecule has 1 atom stereocenters. The number of aromatic nitrogens is 2. The zero-order valence-electron chi connectivity index (χ0n) is 9.20. The van der Waals surface area contributed by atoms with Crippen LogP contribution in [0.4, 0.5) is 0 Å². The zero-order chi connectivity index (χ0) is 11.0. The predicted octanol–water partition coefficient (Wildman–Crippen LogP) is 0.915. The van der Waals surface area contributed by atoms with E-state index in [0.29, 0.717) is 6.04 Å². The standard InChI is InChI=1S/C10H17ClN4/c1-7-9(10(11)14(2)13-7)6-15-4-3-8(15)5-12/h8H,3-6,12H2,1-2H3. The molecule has 0 amide bonds. The average Bonchev–Trinajstić information content (AvgIpc) is 2.38. The van der Waals surface area contributed by atoms with Crippen LogP contribution in [-0.4, -0.2) is 33.8 Å². The van der Waals surface area contributed by atoms with E-state index in [1.807, 2.05) is 14.0 Å². The SMILES string of the molecule is Cc1nn(C)c(Cl)c1CN1CCC1CN. The Bertz CT molecular complexity index is 359. The van der Waals surface area contributed by atoms with Gasteiger partial charge in [0, 0.05) is 38.3 Å². The maximum absolute atomic E-state index is 6.17. The van der Waals surface area contributed by atoms with Crippen LogP contribution in [0.25, 0.3) is 0 Å². The highest BCUT2D eigenvalue weighted by molar-refractivity contribution is 6.30. The second kappa shape index (κ2) is 4.12. The topological polar surface area (TPSA) is 47.1 Å². The van der Waals surface area contributed by atoms with Gasteiger partial charge in [0.15, 0.2) is 0 Å². The first kappa shape index (κ1) is 10.9. The molecule has 0 spiro atoms. The van der Waals surface area contributed by atoms with Crippen molar-refractivity contribution in [1.82, 2.24) is 14.7 Å². The first-order valence-corrected chi connectivity index (χ1v) is 5.63. The van der Waals surface area contributed by atoms with Crippen LogP contribution in [0.1, 0.15) is 17.7 Å². The van der Waals surface area contributed by atoms with Crippen molar-refractivity contribution < 1.29 is 0 Å². The number of hydrogen-bond acceptors (Lipinski definition) is 3. The van der Waals surface area contributed by atoms with Crippen molar-refractivity contribution in [3.05, 3.63) is 16.4 Å². The van der Waals surface area contributed by atoms with E-state index in [-0.39, 0.29) is 0 Å². The summed E-state index contributed by atoms with van der Waals surface area (Å²) < 4.78 is 1.73. The number of nitrogens with two attached hydrogens (primary N) is 1. The third kappa shape index (κ3) is 1.89. The van der Waals surface area contributed by atoms with Crippen molar-refractivity contribution in [1.29, 1.82) is 0 Å². The Morgan fingerprint density at radius 2 is 2.33 bits per heavy atom. The van der Waals surface area contributed by atoms with Gasteiger partial charge in [-0.15, -0.1) is 0 Å². The van der Waals surface area contributed by atoms with Gasteiger partial charge in [-0.1, -0.05) is 11.6 Å². The molecule has 0 aromatic carbocycles. The summed E-state index contributed by atoms with van der Waals surface area (Å²) in [6, 6.07) is 0.528. The van der Waals surface area contributed by atoms with Gasteiger partial charge in [-0.2, -0.15) is 5.10 Å². The molecule has 1 aromatic heterocycles. The maximum Gasteiger partial charge on any atom is 0.131 e. The Kier molecular flexibility index (Phi) is 3.00. The maximum atomic E-state index is 6.17. The third-order valence-corrected chi connectivity index (χ3v) is 3.64. The van der Waals surface area contributed by atoms with E-state index in [4.69, 9.17) is 17.3 Å². The van der Waals surface area contributed by atoms with Crippen molar-refractivity contribution in [3.8, 4) is 0 Å². The number of likely N-dealkylation sites (tertiary alicyclic amines) is 1. The molecule has 15 heavy (non-hydrogen) atoms. The third-order valence-electron chi connectivity index (χ3n) is 3.17. The number of aryl methyl sites for hydroxylation is 2. The Balaban J connectivity index is 2.10. The number of hydrogen-bond donors (Lipinski definition) is 1. The van der Waals surface area contributed by atoms with Crippen molar-refractivity contribution in [2.75, 3.05) is 13.1 Å². The molecule has 0 aliphatic carbocycles. The number of nitrogens with zero attached hydrogens (tertiary/aromatic N) is 3. The molecule has 0 radical (unpaired) electrons. The summed E-state index contributed by atoms with van der Waals surface area (Å²) in [6.07, 6.45) is 1.20. The Hall–Kier alpha value is -0.580. The summed E-state index contributed by atoms with van der Waals surface area (Å²) in [7, 11) is 1.87. The van der Waals surface area contributed by atoms with E-state index in [0.717, 1.165) is 36.0 Å². The fourth-order valence-corrected chi connectivity index (χ4v) is 2.26. The molecule has 5 heteroatoms. The molecule has 1 aliphatic heterocycles. The van der Waals surface area contributed by atoms with Crippen LogP contribution >= 0.6 is 11.6 Å². The van der Waals surface area contributed by atoms with E-state index in [1.54, 1.807) is 4.68 Å². The van der Waals surface area contributed by atoms with Gasteiger partial charge in [0.1, 0.15) is 5.15 Å². The normalized spacial score (nSPS) is 21.7. The van der Waals surface area contributed by atoms with Gasteiger partial charge < -0.3 is 5.73 Å². The molecule has 1 unspecified atom stereocenters. The van der Waals surface area contributed by atoms with Crippen molar-refractivity contribution in [2.24, 2.45) is 12.8 Å². The fraction of sp³-hybridized carbons (Fsp3) is 0.700. The highest BCUT2D eigenvalue weighted by atomic mass is 35.5. The van der Waals surface area contributed by atoms with Gasteiger partial charge >= 0.3 is 0 Å². The molecular formula is C10H17ClN4. The monoisotopic (exact) mass is 228 g/mol. The first-order valence-electron chi connectivity index (χ1n) is 5.25. The summed E-state index contributed by atoms with van der Waals surface area (Å²) >= 11 is 6.17. The van der Waals surface area contributed by atoms with E-state index >= 15 is 0 Å². The summed E-state index contributed by atoms with van der Waals surface area (Å²) in [5, 5.41) is 5.05. The molecule has 2 rings (SSSR count). The molecular weight excluding hydrogens is 212 g/mol. The molecule has 0 saturated carbocycles. The van der Waals surface area contributed by atoms with Gasteiger partial charge in [0.2, 0.25) is 0 Å². The molecule has 4 nitrogen and oxygen atoms in total. The van der Waals surface area contributed by atoms with Crippen LogP contribution in [-0.2, 0) is 13.6 Å². The van der Waals surface area contributed by atoms with Crippen molar-refractivity contribution in [2.45, 2.75) is 25.9 Å². The lowest BCUT2D eigenvalue weighted by Crippen LogP contribution is -2.50. The zero-order valence-corrected chi connectivity index (χ0v) is 9.96. The van der Waals surface area contributed by atoms with Crippen molar-refractivity contribution >= 4 is 11.6 Å². The Morgan fingerprint density at radius 3 is 2.73 bits per heavy atom. The lowest BCUT2D eigenvalue weighted by molar-refractivity contribution is 0.0880. The molecule has 84 valence electrons.